The number of fused-ring (bicyclic) bond motifs is 1. The summed E-state index contributed by atoms with van der Waals surface area (Å²) >= 11 is 4.84. The third kappa shape index (κ3) is 3.06. The Labute approximate surface area is 122 Å². The fraction of sp³-hybridized carbons (Fsp3) is 0.385. The first-order valence-electron chi connectivity index (χ1n) is 6.56. The fourth-order valence-electron chi connectivity index (χ4n) is 2.33. The predicted molar refractivity (Wildman–Crippen MR) is 82.6 cm³/mol. The van der Waals surface area contributed by atoms with Gasteiger partial charge in [-0.25, -0.2) is 4.98 Å². The highest BCUT2D eigenvalue weighted by Crippen LogP contribution is 2.18. The average Bonchev–Trinajstić information content (AvgIpc) is 2.80. The van der Waals surface area contributed by atoms with Crippen molar-refractivity contribution in [3.05, 3.63) is 24.0 Å². The van der Waals surface area contributed by atoms with E-state index in [0.717, 1.165) is 55.4 Å². The molecule has 4 N–H and O–H groups in total. The average molecular weight is 291 g/mol. The zero-order valence-corrected chi connectivity index (χ0v) is 11.9. The number of anilines is 1. The second kappa shape index (κ2) is 5.74. The molecule has 1 aliphatic heterocycles. The van der Waals surface area contributed by atoms with Crippen LogP contribution in [0.25, 0.3) is 11.0 Å². The van der Waals surface area contributed by atoms with Crippen molar-refractivity contribution < 1.29 is 4.74 Å². The van der Waals surface area contributed by atoms with E-state index in [-0.39, 0.29) is 5.11 Å². The molecule has 2 heterocycles. The van der Waals surface area contributed by atoms with Crippen molar-refractivity contribution in [3.63, 3.8) is 0 Å². The summed E-state index contributed by atoms with van der Waals surface area (Å²) in [6.07, 6.45) is 0. The number of H-pyrrole nitrogens is 1. The summed E-state index contributed by atoms with van der Waals surface area (Å²) in [5, 5.41) is 3.18. The highest BCUT2D eigenvalue weighted by molar-refractivity contribution is 7.80. The van der Waals surface area contributed by atoms with Crippen molar-refractivity contribution in [2.75, 3.05) is 31.6 Å². The molecule has 1 aromatic carbocycles. The minimum absolute atomic E-state index is 0.261. The normalized spacial score (nSPS) is 16.4. The smallest absolute Gasteiger partial charge is 0.168 e. The number of aromatic amines is 1. The maximum Gasteiger partial charge on any atom is 0.168 e. The molecule has 0 bridgehead atoms. The molecule has 3 rings (SSSR count). The third-order valence-corrected chi connectivity index (χ3v) is 3.38. The standard InChI is InChI=1S/C13H17N5OS/c14-13(20)15-9-1-2-10-11(7-9)17-12(16-10)8-18-3-5-19-6-4-18/h1-2,7H,3-6,8H2,(H,16,17)(H3,14,15,20). The number of thiocarbonyl (C=S) groups is 1. The number of benzene rings is 1. The van der Waals surface area contributed by atoms with E-state index >= 15 is 0 Å². The van der Waals surface area contributed by atoms with Gasteiger partial charge in [0.05, 0.1) is 30.8 Å². The van der Waals surface area contributed by atoms with E-state index in [1.165, 1.54) is 0 Å². The molecule has 6 nitrogen and oxygen atoms in total. The lowest BCUT2D eigenvalue weighted by molar-refractivity contribution is 0.0332. The molecule has 1 aliphatic rings. The molecule has 1 saturated heterocycles. The van der Waals surface area contributed by atoms with Crippen LogP contribution in [0.5, 0.6) is 0 Å². The Morgan fingerprint density at radius 1 is 1.45 bits per heavy atom. The summed E-state index contributed by atoms with van der Waals surface area (Å²) in [6.45, 7) is 4.30. The Morgan fingerprint density at radius 3 is 3.00 bits per heavy atom. The Balaban J connectivity index is 1.77. The number of nitrogens with one attached hydrogen (secondary N) is 2. The van der Waals surface area contributed by atoms with Gasteiger partial charge in [-0.15, -0.1) is 0 Å². The molecule has 1 fully saturated rings. The number of hydrogen-bond donors (Lipinski definition) is 3. The maximum atomic E-state index is 5.47. The summed E-state index contributed by atoms with van der Waals surface area (Å²) in [4.78, 5) is 10.3. The topological polar surface area (TPSA) is 79.2 Å². The second-order valence-corrected chi connectivity index (χ2v) is 5.23. The predicted octanol–water partition coefficient (Wildman–Crippen LogP) is 1.05. The van der Waals surface area contributed by atoms with Gasteiger partial charge in [-0.2, -0.15) is 0 Å². The van der Waals surface area contributed by atoms with Gasteiger partial charge in [0, 0.05) is 18.8 Å². The summed E-state index contributed by atoms with van der Waals surface area (Å²) in [5.41, 5.74) is 8.27. The van der Waals surface area contributed by atoms with Gasteiger partial charge in [-0.1, -0.05) is 0 Å². The molecule has 0 radical (unpaired) electrons. The molecular formula is C13H17N5OS. The van der Waals surface area contributed by atoms with Crippen molar-refractivity contribution in [2.24, 2.45) is 5.73 Å². The Hall–Kier alpha value is -1.70. The molecular weight excluding hydrogens is 274 g/mol. The molecule has 2 aromatic rings. The molecule has 0 amide bonds. The molecule has 0 unspecified atom stereocenters. The van der Waals surface area contributed by atoms with Gasteiger partial charge in [0.2, 0.25) is 0 Å². The van der Waals surface area contributed by atoms with Crippen molar-refractivity contribution in [1.82, 2.24) is 14.9 Å². The molecule has 1 aromatic heterocycles. The van der Waals surface area contributed by atoms with Crippen LogP contribution in [0, 0.1) is 0 Å². The van der Waals surface area contributed by atoms with Gasteiger partial charge >= 0.3 is 0 Å². The van der Waals surface area contributed by atoms with Gasteiger partial charge in [-0.3, -0.25) is 4.90 Å². The van der Waals surface area contributed by atoms with Crippen molar-refractivity contribution in [1.29, 1.82) is 0 Å². The lowest BCUT2D eigenvalue weighted by Gasteiger charge is -2.25. The number of aromatic nitrogens is 2. The van der Waals surface area contributed by atoms with Crippen LogP contribution in [0.1, 0.15) is 5.82 Å². The van der Waals surface area contributed by atoms with Crippen LogP contribution in [-0.4, -0.2) is 46.3 Å². The van der Waals surface area contributed by atoms with Gasteiger partial charge in [0.15, 0.2) is 5.11 Å². The number of rotatable bonds is 3. The van der Waals surface area contributed by atoms with E-state index in [9.17, 15) is 0 Å². The fourth-order valence-corrected chi connectivity index (χ4v) is 2.45. The van der Waals surface area contributed by atoms with Gasteiger partial charge in [-0.05, 0) is 30.4 Å². The molecule has 0 atom stereocenters. The first-order chi connectivity index (χ1) is 9.70. The Kier molecular flexibility index (Phi) is 3.81. The van der Waals surface area contributed by atoms with Crippen LogP contribution in [0.3, 0.4) is 0 Å². The minimum atomic E-state index is 0.261. The Morgan fingerprint density at radius 2 is 2.25 bits per heavy atom. The molecule has 0 aliphatic carbocycles. The van der Waals surface area contributed by atoms with Crippen LogP contribution in [0.2, 0.25) is 0 Å². The number of imidazole rings is 1. The minimum Gasteiger partial charge on any atom is -0.379 e. The highest BCUT2D eigenvalue weighted by atomic mass is 32.1. The van der Waals surface area contributed by atoms with Gasteiger partial charge in [0.25, 0.3) is 0 Å². The summed E-state index contributed by atoms with van der Waals surface area (Å²) in [6, 6.07) is 5.83. The van der Waals surface area contributed by atoms with E-state index in [4.69, 9.17) is 22.7 Å². The van der Waals surface area contributed by atoms with Crippen molar-refractivity contribution >= 4 is 34.1 Å². The number of ether oxygens (including phenoxy) is 1. The molecule has 106 valence electrons. The number of nitrogens with zero attached hydrogens (tertiary/aromatic N) is 2. The van der Waals surface area contributed by atoms with E-state index in [1.54, 1.807) is 0 Å². The third-order valence-electron chi connectivity index (χ3n) is 3.28. The van der Waals surface area contributed by atoms with Crippen molar-refractivity contribution in [3.8, 4) is 0 Å². The second-order valence-electron chi connectivity index (χ2n) is 4.79. The van der Waals surface area contributed by atoms with Crippen LogP contribution < -0.4 is 11.1 Å². The summed E-state index contributed by atoms with van der Waals surface area (Å²) in [7, 11) is 0. The number of nitrogens with two attached hydrogens (primary N) is 1. The zero-order chi connectivity index (χ0) is 13.9. The lowest BCUT2D eigenvalue weighted by atomic mass is 10.3. The van der Waals surface area contributed by atoms with Gasteiger partial charge < -0.3 is 20.8 Å². The van der Waals surface area contributed by atoms with Gasteiger partial charge in [0.1, 0.15) is 5.82 Å². The van der Waals surface area contributed by atoms with Crippen LogP contribution >= 0.6 is 12.2 Å². The summed E-state index contributed by atoms with van der Waals surface area (Å²) < 4.78 is 5.34. The number of morpholine rings is 1. The number of hydrogen-bond acceptors (Lipinski definition) is 4. The molecule has 7 heteroatoms. The quantitative estimate of drug-likeness (QED) is 0.734. The van der Waals surface area contributed by atoms with Crippen LogP contribution in [0.15, 0.2) is 18.2 Å². The first-order valence-corrected chi connectivity index (χ1v) is 6.97. The highest BCUT2D eigenvalue weighted by Gasteiger charge is 2.13. The lowest BCUT2D eigenvalue weighted by Crippen LogP contribution is -2.35. The van der Waals surface area contributed by atoms with Crippen LogP contribution in [-0.2, 0) is 11.3 Å². The molecule has 0 saturated carbocycles. The van der Waals surface area contributed by atoms with E-state index < -0.39 is 0 Å². The largest absolute Gasteiger partial charge is 0.379 e. The first kappa shape index (κ1) is 13.3. The van der Waals surface area contributed by atoms with Crippen molar-refractivity contribution in [2.45, 2.75) is 6.54 Å². The monoisotopic (exact) mass is 291 g/mol. The van der Waals surface area contributed by atoms with Crippen LogP contribution in [0.4, 0.5) is 5.69 Å². The Bertz CT molecular complexity index is 620. The van der Waals surface area contributed by atoms with E-state index in [2.05, 4.69) is 20.2 Å². The van der Waals surface area contributed by atoms with E-state index in [0.29, 0.717) is 0 Å². The maximum absolute atomic E-state index is 5.47. The molecule has 0 spiro atoms. The van der Waals surface area contributed by atoms with E-state index in [1.807, 2.05) is 18.2 Å². The zero-order valence-electron chi connectivity index (χ0n) is 11.1. The summed E-state index contributed by atoms with van der Waals surface area (Å²) in [5.74, 6) is 0.967. The SMILES string of the molecule is NC(=S)Nc1ccc2nc(CN3CCOCC3)[nH]c2c1. The molecule has 20 heavy (non-hydrogen) atoms.